The van der Waals surface area contributed by atoms with Crippen LogP contribution in [0.3, 0.4) is 0 Å². The molecule has 0 unspecified atom stereocenters. The number of urea groups is 1. The quantitative estimate of drug-likeness (QED) is 0.844. The molecular weight excluding hydrogens is 316 g/mol. The molecule has 1 aliphatic heterocycles. The summed E-state index contributed by atoms with van der Waals surface area (Å²) in [4.78, 5) is 18.2. The molecule has 2 rings (SSSR count). The lowest BCUT2D eigenvalue weighted by molar-refractivity contribution is 0.149. The molecular formula is C15H24N4O3S. The molecule has 0 bridgehead atoms. The Morgan fingerprint density at radius 2 is 2.09 bits per heavy atom. The molecule has 1 fully saturated rings. The van der Waals surface area contributed by atoms with Gasteiger partial charge in [-0.05, 0) is 43.9 Å². The van der Waals surface area contributed by atoms with Gasteiger partial charge in [-0.25, -0.2) is 17.9 Å². The van der Waals surface area contributed by atoms with E-state index >= 15 is 0 Å². The molecule has 1 aromatic rings. The maximum Gasteiger partial charge on any atom is 0.318 e. The van der Waals surface area contributed by atoms with E-state index in [9.17, 15) is 13.2 Å². The average molecular weight is 340 g/mol. The molecule has 1 aliphatic rings. The summed E-state index contributed by atoms with van der Waals surface area (Å²) in [7, 11) is -3.25. The Kier molecular flexibility index (Phi) is 5.95. The summed E-state index contributed by atoms with van der Waals surface area (Å²) in [6.07, 6.45) is 7.26. The minimum absolute atomic E-state index is 0.108. The van der Waals surface area contributed by atoms with Crippen LogP contribution in [0.4, 0.5) is 4.79 Å². The van der Waals surface area contributed by atoms with Crippen LogP contribution >= 0.6 is 0 Å². The number of nitrogens with one attached hydrogen (secondary N) is 2. The minimum Gasteiger partial charge on any atom is -0.331 e. The molecule has 128 valence electrons. The summed E-state index contributed by atoms with van der Waals surface area (Å²) in [5.41, 5.74) is 0.983. The number of aromatic nitrogens is 1. The lowest BCUT2D eigenvalue weighted by Crippen LogP contribution is -2.53. The largest absolute Gasteiger partial charge is 0.331 e. The van der Waals surface area contributed by atoms with Gasteiger partial charge in [-0.15, -0.1) is 0 Å². The summed E-state index contributed by atoms with van der Waals surface area (Å²) in [5, 5.41) is 2.98. The third kappa shape index (κ3) is 5.47. The number of sulfonamides is 1. The van der Waals surface area contributed by atoms with Crippen LogP contribution in [-0.4, -0.2) is 49.7 Å². The van der Waals surface area contributed by atoms with Crippen molar-refractivity contribution in [1.82, 2.24) is 19.9 Å². The predicted octanol–water partition coefficient (Wildman–Crippen LogP) is 1.26. The number of carbonyl (C=O) groups excluding carboxylic acids is 1. The molecule has 1 saturated heterocycles. The van der Waals surface area contributed by atoms with Crippen molar-refractivity contribution in [3.63, 3.8) is 0 Å². The van der Waals surface area contributed by atoms with Crippen molar-refractivity contribution in [2.75, 3.05) is 19.3 Å². The molecule has 0 aromatic carbocycles. The Labute approximate surface area is 137 Å². The highest BCUT2D eigenvalue weighted by atomic mass is 32.2. The maximum atomic E-state index is 12.5. The fraction of sp³-hybridized carbons (Fsp3) is 0.600. The van der Waals surface area contributed by atoms with Crippen LogP contribution < -0.4 is 10.0 Å². The standard InChI is InChI=1S/C15H24N4O3S/c1-12(13-6-8-16-9-7-13)18-15(20)19-10-4-3-5-14(19)11-17-23(2,21)22/h6-9,12,14,17H,3-5,10-11H2,1-2H3,(H,18,20)/t12-,14-/m1/s1. The first kappa shape index (κ1) is 17.7. The number of pyridine rings is 1. The fourth-order valence-corrected chi connectivity index (χ4v) is 3.23. The Morgan fingerprint density at radius 3 is 2.74 bits per heavy atom. The van der Waals surface area contributed by atoms with Crippen molar-refractivity contribution in [3.05, 3.63) is 30.1 Å². The number of rotatable bonds is 5. The third-order valence-corrected chi connectivity index (χ3v) is 4.71. The van der Waals surface area contributed by atoms with Crippen molar-refractivity contribution in [3.8, 4) is 0 Å². The zero-order chi connectivity index (χ0) is 16.9. The normalized spacial score (nSPS) is 20.1. The highest BCUT2D eigenvalue weighted by molar-refractivity contribution is 7.88. The molecule has 8 heteroatoms. The molecule has 2 amide bonds. The highest BCUT2D eigenvalue weighted by Crippen LogP contribution is 2.18. The zero-order valence-corrected chi connectivity index (χ0v) is 14.3. The van der Waals surface area contributed by atoms with E-state index in [1.54, 1.807) is 17.3 Å². The van der Waals surface area contributed by atoms with Crippen molar-refractivity contribution in [2.45, 2.75) is 38.3 Å². The van der Waals surface area contributed by atoms with Gasteiger partial charge in [-0.2, -0.15) is 0 Å². The number of carbonyl (C=O) groups is 1. The van der Waals surface area contributed by atoms with Crippen LogP contribution in [-0.2, 0) is 10.0 Å². The minimum atomic E-state index is -3.25. The number of hydrogen-bond acceptors (Lipinski definition) is 4. The molecule has 7 nitrogen and oxygen atoms in total. The van der Waals surface area contributed by atoms with Crippen LogP contribution in [0.25, 0.3) is 0 Å². The van der Waals surface area contributed by atoms with Crippen molar-refractivity contribution in [1.29, 1.82) is 0 Å². The smallest absolute Gasteiger partial charge is 0.318 e. The molecule has 0 radical (unpaired) electrons. The zero-order valence-electron chi connectivity index (χ0n) is 13.5. The maximum absolute atomic E-state index is 12.5. The van der Waals surface area contributed by atoms with E-state index in [4.69, 9.17) is 0 Å². The van der Waals surface area contributed by atoms with Gasteiger partial charge < -0.3 is 10.2 Å². The van der Waals surface area contributed by atoms with E-state index in [-0.39, 0.29) is 24.7 Å². The first-order valence-corrected chi connectivity index (χ1v) is 9.67. The van der Waals surface area contributed by atoms with E-state index in [0.717, 1.165) is 31.1 Å². The summed E-state index contributed by atoms with van der Waals surface area (Å²) >= 11 is 0. The average Bonchev–Trinajstić information content (AvgIpc) is 2.53. The second-order valence-electron chi connectivity index (χ2n) is 5.92. The van der Waals surface area contributed by atoms with Gasteiger partial charge >= 0.3 is 6.03 Å². The van der Waals surface area contributed by atoms with Crippen LogP contribution in [0.5, 0.6) is 0 Å². The molecule has 2 N–H and O–H groups in total. The van der Waals surface area contributed by atoms with Gasteiger partial charge in [-0.3, -0.25) is 4.98 Å². The van der Waals surface area contributed by atoms with E-state index in [1.807, 2.05) is 19.1 Å². The highest BCUT2D eigenvalue weighted by Gasteiger charge is 2.28. The molecule has 23 heavy (non-hydrogen) atoms. The van der Waals surface area contributed by atoms with E-state index in [1.165, 1.54) is 0 Å². The van der Waals surface area contributed by atoms with Crippen LogP contribution in [0.2, 0.25) is 0 Å². The topological polar surface area (TPSA) is 91.4 Å². The number of nitrogens with zero attached hydrogens (tertiary/aromatic N) is 2. The van der Waals surface area contributed by atoms with Crippen molar-refractivity contribution in [2.24, 2.45) is 0 Å². The fourth-order valence-electron chi connectivity index (χ4n) is 2.73. The second-order valence-corrected chi connectivity index (χ2v) is 7.75. The van der Waals surface area contributed by atoms with Gasteiger partial charge in [0.05, 0.1) is 12.3 Å². The third-order valence-electron chi connectivity index (χ3n) is 4.02. The van der Waals surface area contributed by atoms with E-state index in [0.29, 0.717) is 6.54 Å². The van der Waals surface area contributed by atoms with Gasteiger partial charge in [0.25, 0.3) is 0 Å². The first-order valence-electron chi connectivity index (χ1n) is 7.78. The van der Waals surface area contributed by atoms with E-state index < -0.39 is 10.0 Å². The van der Waals surface area contributed by atoms with Crippen molar-refractivity contribution < 1.29 is 13.2 Å². The molecule has 0 spiro atoms. The Hall–Kier alpha value is -1.67. The molecule has 2 heterocycles. The lowest BCUT2D eigenvalue weighted by Gasteiger charge is -2.36. The van der Waals surface area contributed by atoms with Gasteiger partial charge in [0.1, 0.15) is 0 Å². The Bertz CT molecular complexity index is 621. The Balaban J connectivity index is 1.97. The summed E-state index contributed by atoms with van der Waals surface area (Å²) in [5.74, 6) is 0. The number of hydrogen-bond donors (Lipinski definition) is 2. The number of piperidine rings is 1. The van der Waals surface area contributed by atoms with Crippen LogP contribution in [0.15, 0.2) is 24.5 Å². The first-order chi connectivity index (χ1) is 10.9. The summed E-state index contributed by atoms with van der Waals surface area (Å²) in [6.45, 7) is 2.82. The van der Waals surface area contributed by atoms with E-state index in [2.05, 4.69) is 15.0 Å². The van der Waals surface area contributed by atoms with Crippen LogP contribution in [0.1, 0.15) is 37.8 Å². The molecule has 2 atom stereocenters. The van der Waals surface area contributed by atoms with Gasteiger partial charge in [0.15, 0.2) is 0 Å². The van der Waals surface area contributed by atoms with Crippen LogP contribution in [0, 0.1) is 0 Å². The van der Waals surface area contributed by atoms with Crippen molar-refractivity contribution >= 4 is 16.1 Å². The lowest BCUT2D eigenvalue weighted by atomic mass is 10.0. The monoisotopic (exact) mass is 340 g/mol. The SMILES string of the molecule is C[C@@H](NC(=O)N1CCCC[C@@H]1CNS(C)(=O)=O)c1ccncc1. The van der Waals surface area contributed by atoms with Gasteiger partial charge in [0, 0.05) is 31.5 Å². The van der Waals surface area contributed by atoms with Gasteiger partial charge in [-0.1, -0.05) is 0 Å². The number of likely N-dealkylation sites (tertiary alicyclic amines) is 1. The Morgan fingerprint density at radius 1 is 1.39 bits per heavy atom. The molecule has 1 aromatic heterocycles. The number of amides is 2. The summed E-state index contributed by atoms with van der Waals surface area (Å²) in [6, 6.07) is 3.33. The predicted molar refractivity (Wildman–Crippen MR) is 88.4 cm³/mol. The van der Waals surface area contributed by atoms with Gasteiger partial charge in [0.2, 0.25) is 10.0 Å². The second kappa shape index (κ2) is 7.74. The molecule has 0 saturated carbocycles. The molecule has 0 aliphatic carbocycles. The summed E-state index contributed by atoms with van der Waals surface area (Å²) < 4.78 is 25.1.